The fourth-order valence-corrected chi connectivity index (χ4v) is 5.03. The van der Waals surface area contributed by atoms with Crippen LogP contribution in [-0.2, 0) is 0 Å². The fraction of sp³-hybridized carbons (Fsp3) is 0.385. The second-order valence-corrected chi connectivity index (χ2v) is 9.70. The van der Waals surface area contributed by atoms with Crippen molar-refractivity contribution >= 4 is 33.5 Å². The number of rotatable bonds is 4. The van der Waals surface area contributed by atoms with Gasteiger partial charge in [-0.2, -0.15) is 5.10 Å². The van der Waals surface area contributed by atoms with Gasteiger partial charge in [0.25, 0.3) is 0 Å². The van der Waals surface area contributed by atoms with E-state index in [0.717, 1.165) is 54.5 Å². The lowest BCUT2D eigenvalue weighted by Gasteiger charge is -2.13. The molecule has 3 N–H and O–H groups in total. The maximum absolute atomic E-state index is 13.1. The minimum absolute atomic E-state index is 0.0929. The van der Waals surface area contributed by atoms with Gasteiger partial charge >= 0.3 is 0 Å². The highest BCUT2D eigenvalue weighted by Gasteiger charge is 2.34. The lowest BCUT2D eigenvalue weighted by Crippen LogP contribution is -2.16. The molecule has 1 aromatic carbocycles. The summed E-state index contributed by atoms with van der Waals surface area (Å²) in [7, 11) is 0. The van der Waals surface area contributed by atoms with Gasteiger partial charge in [-0.3, -0.25) is 9.48 Å². The van der Waals surface area contributed by atoms with E-state index in [9.17, 15) is 4.79 Å². The number of carbonyl (C=O) groups excluding carboxylic acids is 1. The number of pyridine rings is 1. The monoisotopic (exact) mass is 451 g/mol. The molecular formula is C26H25N7O. The molecule has 2 saturated carbocycles. The van der Waals surface area contributed by atoms with Crippen molar-refractivity contribution in [2.75, 3.05) is 18.8 Å². The molecule has 0 amide bonds. The zero-order valence-corrected chi connectivity index (χ0v) is 18.8. The molecule has 3 aromatic heterocycles. The van der Waals surface area contributed by atoms with Gasteiger partial charge in [0.15, 0.2) is 5.78 Å². The van der Waals surface area contributed by atoms with E-state index < -0.39 is 0 Å². The average molecular weight is 452 g/mol. The van der Waals surface area contributed by atoms with Gasteiger partial charge in [-0.05, 0) is 62.8 Å². The zero-order chi connectivity index (χ0) is 22.8. The van der Waals surface area contributed by atoms with E-state index in [-0.39, 0.29) is 17.7 Å². The number of hydrogen-bond acceptors (Lipinski definition) is 6. The summed E-state index contributed by atoms with van der Waals surface area (Å²) in [6, 6.07) is 6.89. The van der Waals surface area contributed by atoms with Gasteiger partial charge in [0.05, 0.1) is 39.9 Å². The van der Waals surface area contributed by atoms with Crippen LogP contribution in [0.2, 0.25) is 0 Å². The molecule has 1 atom stereocenters. The highest BCUT2D eigenvalue weighted by molar-refractivity contribution is 6.11. The molecule has 170 valence electrons. The summed E-state index contributed by atoms with van der Waals surface area (Å²) in [6.07, 6.45) is 8.82. The molecule has 0 bridgehead atoms. The maximum Gasteiger partial charge on any atom is 0.169 e. The lowest BCUT2D eigenvalue weighted by atomic mass is 10.0. The Kier molecular flexibility index (Phi) is 4.30. The molecular weight excluding hydrogens is 426 g/mol. The number of imidazole rings is 1. The van der Waals surface area contributed by atoms with Gasteiger partial charge in [-0.15, -0.1) is 0 Å². The minimum atomic E-state index is 0.0929. The molecule has 2 aliphatic carbocycles. The second kappa shape index (κ2) is 7.40. The summed E-state index contributed by atoms with van der Waals surface area (Å²) < 4.78 is 4.22. The molecule has 3 aliphatic rings. The Balaban J connectivity index is 1.35. The highest BCUT2D eigenvalue weighted by atomic mass is 16.1. The van der Waals surface area contributed by atoms with Crippen LogP contribution in [-0.4, -0.2) is 43.2 Å². The lowest BCUT2D eigenvalue weighted by molar-refractivity contribution is 0.0968. The van der Waals surface area contributed by atoms with Crippen molar-refractivity contribution in [3.63, 3.8) is 0 Å². The van der Waals surface area contributed by atoms with E-state index in [1.54, 1.807) is 6.20 Å². The van der Waals surface area contributed by atoms with Crippen molar-refractivity contribution < 1.29 is 4.79 Å². The van der Waals surface area contributed by atoms with Crippen LogP contribution in [0.4, 0.5) is 5.82 Å². The van der Waals surface area contributed by atoms with Crippen LogP contribution in [0.5, 0.6) is 0 Å². The number of nitrogens with two attached hydrogens (primary N) is 1. The normalized spacial score (nSPS) is 20.1. The third-order valence-corrected chi connectivity index (χ3v) is 7.19. The molecule has 0 radical (unpaired) electrons. The van der Waals surface area contributed by atoms with Gasteiger partial charge < -0.3 is 15.6 Å². The number of fused-ring (bicyclic) bond motifs is 2. The number of nitrogens with zero attached hydrogens (tertiary/aromatic N) is 5. The van der Waals surface area contributed by atoms with Crippen molar-refractivity contribution in [1.82, 2.24) is 29.6 Å². The van der Waals surface area contributed by atoms with Crippen molar-refractivity contribution in [1.29, 1.82) is 0 Å². The maximum atomic E-state index is 13.1. The number of aromatic nitrogens is 5. The number of Topliss-reactive ketones (excluding diaryl/α,β-unsaturated/α-hetero) is 1. The summed E-state index contributed by atoms with van der Waals surface area (Å²) in [5.41, 5.74) is 11.3. The van der Waals surface area contributed by atoms with Gasteiger partial charge in [0.1, 0.15) is 11.5 Å². The van der Waals surface area contributed by atoms with Crippen LogP contribution in [0.1, 0.15) is 65.8 Å². The first-order valence-electron chi connectivity index (χ1n) is 12.1. The Morgan fingerprint density at radius 2 is 1.97 bits per heavy atom. The fourth-order valence-electron chi connectivity index (χ4n) is 5.03. The largest absolute Gasteiger partial charge is 0.383 e. The third kappa shape index (κ3) is 3.19. The molecule has 1 unspecified atom stereocenters. The summed E-state index contributed by atoms with van der Waals surface area (Å²) in [6.45, 7) is 1.73. The van der Waals surface area contributed by atoms with Gasteiger partial charge in [0, 0.05) is 30.3 Å². The molecule has 8 heteroatoms. The van der Waals surface area contributed by atoms with Crippen molar-refractivity contribution in [2.45, 2.75) is 44.2 Å². The van der Waals surface area contributed by atoms with E-state index >= 15 is 0 Å². The Bertz CT molecular complexity index is 1520. The molecule has 0 spiro atoms. The number of nitrogen functional groups attached to an aromatic ring is 1. The number of carbonyl (C=O) groups is 1. The Labute approximate surface area is 196 Å². The molecule has 1 saturated heterocycles. The zero-order valence-electron chi connectivity index (χ0n) is 18.8. The van der Waals surface area contributed by atoms with E-state index in [1.807, 2.05) is 23.1 Å². The number of benzene rings is 1. The molecule has 8 nitrogen and oxygen atoms in total. The molecule has 1 aliphatic heterocycles. The predicted molar refractivity (Wildman–Crippen MR) is 130 cm³/mol. The van der Waals surface area contributed by atoms with Crippen molar-refractivity contribution in [2.24, 2.45) is 5.92 Å². The van der Waals surface area contributed by atoms with Gasteiger partial charge in [0.2, 0.25) is 0 Å². The predicted octanol–water partition coefficient (Wildman–Crippen LogP) is 3.23. The smallest absolute Gasteiger partial charge is 0.169 e. The van der Waals surface area contributed by atoms with E-state index in [0.29, 0.717) is 28.5 Å². The summed E-state index contributed by atoms with van der Waals surface area (Å²) in [5.74, 6) is 7.09. The van der Waals surface area contributed by atoms with Crippen molar-refractivity contribution in [3.05, 3.63) is 47.5 Å². The number of nitrogens with one attached hydrogen (secondary N) is 1. The second-order valence-electron chi connectivity index (χ2n) is 9.70. The SMILES string of the molecule is Nc1ncc(C(=O)C2CC2)c2c1c(C#Cc1ccc3c(c1)ncn3C1CC1)nn2C1CCNC1. The Hall–Kier alpha value is -3.70. The topological polar surface area (TPSA) is 104 Å². The van der Waals surface area contributed by atoms with Crippen LogP contribution in [0, 0.1) is 17.8 Å². The quantitative estimate of drug-likeness (QED) is 0.365. The van der Waals surface area contributed by atoms with Crippen LogP contribution < -0.4 is 11.1 Å². The van der Waals surface area contributed by atoms with Crippen LogP contribution in [0.15, 0.2) is 30.7 Å². The average Bonchev–Trinajstić information content (AvgIpc) is 3.74. The Morgan fingerprint density at radius 1 is 1.09 bits per heavy atom. The van der Waals surface area contributed by atoms with Gasteiger partial charge in [-0.1, -0.05) is 5.92 Å². The highest BCUT2D eigenvalue weighted by Crippen LogP contribution is 2.38. The first-order chi connectivity index (χ1) is 16.7. The molecule has 3 fully saturated rings. The van der Waals surface area contributed by atoms with Crippen LogP contribution in [0.25, 0.3) is 21.9 Å². The third-order valence-electron chi connectivity index (χ3n) is 7.19. The summed E-state index contributed by atoms with van der Waals surface area (Å²) in [4.78, 5) is 22.0. The van der Waals surface area contributed by atoms with Crippen LogP contribution in [0.3, 0.4) is 0 Å². The van der Waals surface area contributed by atoms with E-state index in [2.05, 4.69) is 37.8 Å². The number of hydrogen-bond donors (Lipinski definition) is 2. The summed E-state index contributed by atoms with van der Waals surface area (Å²) >= 11 is 0. The van der Waals surface area contributed by atoms with E-state index in [4.69, 9.17) is 10.8 Å². The Morgan fingerprint density at radius 3 is 2.74 bits per heavy atom. The molecule has 7 rings (SSSR count). The molecule has 34 heavy (non-hydrogen) atoms. The number of ketones is 1. The summed E-state index contributed by atoms with van der Waals surface area (Å²) in [5, 5.41) is 8.96. The van der Waals surface area contributed by atoms with Crippen molar-refractivity contribution in [3.8, 4) is 11.8 Å². The van der Waals surface area contributed by atoms with Gasteiger partial charge in [-0.25, -0.2) is 9.97 Å². The van der Waals surface area contributed by atoms with Crippen LogP contribution >= 0.6 is 0 Å². The molecule has 4 aromatic rings. The molecule has 4 heterocycles. The first-order valence-corrected chi connectivity index (χ1v) is 12.1. The standard InChI is InChI=1S/C26H25N7O/c27-26-23-20(7-1-15-2-8-22-21(11-15)30-14-32(22)17-5-6-17)31-33(18-9-10-28-12-18)24(23)19(13-29-26)25(34)16-3-4-16/h2,8,11,13-14,16-18,28H,3-6,9-10,12H2,(H2,27,29). The van der Waals surface area contributed by atoms with E-state index in [1.165, 1.54) is 12.8 Å². The number of anilines is 1. The minimum Gasteiger partial charge on any atom is -0.383 e. The first kappa shape index (κ1) is 19.7.